The maximum absolute atomic E-state index is 5.71. The minimum Gasteiger partial charge on any atom is -0.399 e. The lowest BCUT2D eigenvalue weighted by Gasteiger charge is -2.40. The van der Waals surface area contributed by atoms with Gasteiger partial charge in [0.25, 0.3) is 0 Å². The molecule has 0 amide bonds. The summed E-state index contributed by atoms with van der Waals surface area (Å²) in [5.74, 6) is 1.59. The molecular weight excluding hydrogens is 262 g/mol. The largest absolute Gasteiger partial charge is 0.399 e. The van der Waals surface area contributed by atoms with Crippen molar-refractivity contribution in [3.8, 4) is 11.3 Å². The summed E-state index contributed by atoms with van der Waals surface area (Å²) in [4.78, 5) is 2.52. The molecule has 0 spiro atoms. The highest BCUT2D eigenvalue weighted by atomic mass is 16.5. The van der Waals surface area contributed by atoms with E-state index < -0.39 is 0 Å². The van der Waals surface area contributed by atoms with E-state index in [9.17, 15) is 0 Å². The first-order chi connectivity index (χ1) is 10.3. The zero-order valence-electron chi connectivity index (χ0n) is 12.0. The SMILES string of the molecule is Nc1ccc(-c2cc(/C=C3\CN4CCC3CC4)on2)cc1. The smallest absolute Gasteiger partial charge is 0.160 e. The molecule has 3 aliphatic heterocycles. The Hall–Kier alpha value is -2.07. The highest BCUT2D eigenvalue weighted by molar-refractivity contribution is 5.64. The Bertz CT molecular complexity index is 664. The van der Waals surface area contributed by atoms with Crippen LogP contribution in [0.15, 0.2) is 40.4 Å². The van der Waals surface area contributed by atoms with Crippen molar-refractivity contribution >= 4 is 11.8 Å². The van der Waals surface area contributed by atoms with Crippen LogP contribution >= 0.6 is 0 Å². The number of nitrogens with zero attached hydrogens (tertiary/aromatic N) is 2. The molecule has 1 aromatic carbocycles. The van der Waals surface area contributed by atoms with Crippen LogP contribution in [0.5, 0.6) is 0 Å². The maximum Gasteiger partial charge on any atom is 0.160 e. The number of nitrogen functional groups attached to an aromatic ring is 1. The predicted octanol–water partition coefficient (Wildman–Crippen LogP) is 3.03. The molecule has 5 rings (SSSR count). The molecule has 4 heteroatoms. The molecular formula is C17H19N3O. The summed E-state index contributed by atoms with van der Waals surface area (Å²) in [5, 5.41) is 4.17. The second kappa shape index (κ2) is 5.04. The first-order valence-electron chi connectivity index (χ1n) is 7.53. The molecule has 4 heterocycles. The molecule has 0 unspecified atom stereocenters. The van der Waals surface area contributed by atoms with Crippen LogP contribution in [-0.2, 0) is 0 Å². The van der Waals surface area contributed by atoms with Crippen LogP contribution in [0.2, 0.25) is 0 Å². The number of aromatic nitrogens is 1. The van der Waals surface area contributed by atoms with Gasteiger partial charge in [-0.05, 0) is 55.6 Å². The van der Waals surface area contributed by atoms with Crippen LogP contribution in [-0.4, -0.2) is 29.7 Å². The summed E-state index contributed by atoms with van der Waals surface area (Å²) in [6.07, 6.45) is 4.75. The van der Waals surface area contributed by atoms with Gasteiger partial charge in [0.1, 0.15) is 5.69 Å². The van der Waals surface area contributed by atoms with Gasteiger partial charge in [-0.25, -0.2) is 0 Å². The highest BCUT2D eigenvalue weighted by Gasteiger charge is 2.29. The van der Waals surface area contributed by atoms with Gasteiger partial charge in [-0.3, -0.25) is 4.90 Å². The van der Waals surface area contributed by atoms with Crippen molar-refractivity contribution in [2.45, 2.75) is 12.8 Å². The monoisotopic (exact) mass is 281 g/mol. The van der Waals surface area contributed by atoms with Crippen LogP contribution in [0, 0.1) is 5.92 Å². The van der Waals surface area contributed by atoms with Crippen molar-refractivity contribution in [1.82, 2.24) is 10.1 Å². The Morgan fingerprint density at radius 1 is 1.19 bits per heavy atom. The molecule has 0 atom stereocenters. The molecule has 3 aliphatic rings. The Morgan fingerprint density at radius 2 is 1.95 bits per heavy atom. The third kappa shape index (κ3) is 2.47. The van der Waals surface area contributed by atoms with Crippen LogP contribution in [0.1, 0.15) is 18.6 Å². The fraction of sp³-hybridized carbons (Fsp3) is 0.353. The second-order valence-electron chi connectivity index (χ2n) is 6.01. The van der Waals surface area contributed by atoms with E-state index in [1.54, 1.807) is 0 Å². The van der Waals surface area contributed by atoms with Gasteiger partial charge < -0.3 is 10.3 Å². The molecule has 0 saturated carbocycles. The summed E-state index contributed by atoms with van der Waals surface area (Å²) < 4.78 is 5.48. The number of benzene rings is 1. The molecule has 108 valence electrons. The topological polar surface area (TPSA) is 55.3 Å². The van der Waals surface area contributed by atoms with Crippen molar-refractivity contribution in [2.75, 3.05) is 25.4 Å². The van der Waals surface area contributed by atoms with Crippen LogP contribution in [0.25, 0.3) is 17.3 Å². The van der Waals surface area contributed by atoms with Crippen LogP contribution in [0.4, 0.5) is 5.69 Å². The van der Waals surface area contributed by atoms with E-state index >= 15 is 0 Å². The molecule has 2 N–H and O–H groups in total. The summed E-state index contributed by atoms with van der Waals surface area (Å²) in [6, 6.07) is 9.72. The number of fused-ring (bicyclic) bond motifs is 3. The average molecular weight is 281 g/mol. The Kier molecular flexibility index (Phi) is 3.04. The lowest BCUT2D eigenvalue weighted by Crippen LogP contribution is -2.42. The number of rotatable bonds is 2. The van der Waals surface area contributed by atoms with Gasteiger partial charge in [0, 0.05) is 23.9 Å². The quantitative estimate of drug-likeness (QED) is 0.860. The van der Waals surface area contributed by atoms with Crippen molar-refractivity contribution in [1.29, 1.82) is 0 Å². The second-order valence-corrected chi connectivity index (χ2v) is 6.01. The molecule has 4 nitrogen and oxygen atoms in total. The minimum absolute atomic E-state index is 0.736. The molecule has 2 bridgehead atoms. The summed E-state index contributed by atoms with van der Waals surface area (Å²) >= 11 is 0. The van der Waals surface area contributed by atoms with Gasteiger partial charge in [0.15, 0.2) is 5.76 Å². The zero-order chi connectivity index (χ0) is 14.2. The number of hydrogen-bond donors (Lipinski definition) is 1. The third-order valence-corrected chi connectivity index (χ3v) is 4.58. The lowest BCUT2D eigenvalue weighted by atomic mass is 9.83. The van der Waals surface area contributed by atoms with Gasteiger partial charge in [-0.15, -0.1) is 0 Å². The fourth-order valence-corrected chi connectivity index (χ4v) is 3.34. The minimum atomic E-state index is 0.736. The van der Waals surface area contributed by atoms with Gasteiger partial charge in [-0.1, -0.05) is 17.3 Å². The number of piperidine rings is 3. The van der Waals surface area contributed by atoms with E-state index in [-0.39, 0.29) is 0 Å². The van der Waals surface area contributed by atoms with Crippen molar-refractivity contribution in [2.24, 2.45) is 5.92 Å². The molecule has 1 aromatic heterocycles. The molecule has 3 fully saturated rings. The van der Waals surface area contributed by atoms with Crippen LogP contribution < -0.4 is 5.73 Å². The van der Waals surface area contributed by atoms with Crippen molar-refractivity contribution < 1.29 is 4.52 Å². The summed E-state index contributed by atoms with van der Waals surface area (Å²) in [5.41, 5.74) is 9.86. The van der Waals surface area contributed by atoms with Gasteiger partial charge in [-0.2, -0.15) is 0 Å². The molecule has 0 aliphatic carbocycles. The normalized spacial score (nSPS) is 26.4. The average Bonchev–Trinajstić information content (AvgIpc) is 2.98. The van der Waals surface area contributed by atoms with E-state index in [4.69, 9.17) is 10.3 Å². The van der Waals surface area contributed by atoms with Gasteiger partial charge in [0.2, 0.25) is 0 Å². The predicted molar refractivity (Wildman–Crippen MR) is 83.5 cm³/mol. The van der Waals surface area contributed by atoms with E-state index in [1.807, 2.05) is 30.3 Å². The third-order valence-electron chi connectivity index (χ3n) is 4.58. The Labute approximate surface area is 124 Å². The number of hydrogen-bond acceptors (Lipinski definition) is 4. The summed E-state index contributed by atoms with van der Waals surface area (Å²) in [7, 11) is 0. The van der Waals surface area contributed by atoms with E-state index in [0.29, 0.717) is 0 Å². The highest BCUT2D eigenvalue weighted by Crippen LogP contribution is 2.33. The Morgan fingerprint density at radius 3 is 2.62 bits per heavy atom. The van der Waals surface area contributed by atoms with E-state index in [2.05, 4.69) is 16.1 Å². The lowest BCUT2D eigenvalue weighted by molar-refractivity contribution is 0.163. The number of anilines is 1. The van der Waals surface area contributed by atoms with Crippen molar-refractivity contribution in [3.63, 3.8) is 0 Å². The molecule has 2 aromatic rings. The number of nitrogens with two attached hydrogens (primary N) is 1. The first kappa shape index (κ1) is 12.7. The molecule has 3 saturated heterocycles. The van der Waals surface area contributed by atoms with Gasteiger partial charge >= 0.3 is 0 Å². The molecule has 0 radical (unpaired) electrons. The van der Waals surface area contributed by atoms with E-state index in [0.717, 1.165) is 35.2 Å². The standard InChI is InChI=1S/C17H19N3O/c18-15-3-1-13(2-4-15)17-10-16(21-19-17)9-14-11-20-7-5-12(14)6-8-20/h1-4,9-10,12H,5-8,11,18H2/b14-9+. The summed E-state index contributed by atoms with van der Waals surface area (Å²) in [6.45, 7) is 3.58. The first-order valence-corrected chi connectivity index (χ1v) is 7.53. The van der Waals surface area contributed by atoms with Gasteiger partial charge in [0.05, 0.1) is 0 Å². The van der Waals surface area contributed by atoms with E-state index in [1.165, 1.54) is 31.5 Å². The fourth-order valence-electron chi connectivity index (χ4n) is 3.34. The maximum atomic E-state index is 5.71. The molecule has 21 heavy (non-hydrogen) atoms. The zero-order valence-corrected chi connectivity index (χ0v) is 12.0. The van der Waals surface area contributed by atoms with Crippen LogP contribution in [0.3, 0.4) is 0 Å². The van der Waals surface area contributed by atoms with Crippen molar-refractivity contribution in [3.05, 3.63) is 41.7 Å². The Balaban J connectivity index is 1.58.